The highest BCUT2D eigenvalue weighted by Crippen LogP contribution is 2.11. The van der Waals surface area contributed by atoms with Crippen molar-refractivity contribution in [3.63, 3.8) is 0 Å². The van der Waals surface area contributed by atoms with Crippen molar-refractivity contribution in [2.24, 2.45) is 12.8 Å². The summed E-state index contributed by atoms with van der Waals surface area (Å²) in [6.45, 7) is 2.93. The first kappa shape index (κ1) is 17.1. The highest BCUT2D eigenvalue weighted by atomic mass is 16.6. The van der Waals surface area contributed by atoms with Crippen LogP contribution >= 0.6 is 0 Å². The molecular weight excluding hydrogens is 276 g/mol. The van der Waals surface area contributed by atoms with Crippen LogP contribution in [0.4, 0.5) is 5.82 Å². The van der Waals surface area contributed by atoms with E-state index in [9.17, 15) is 14.9 Å². The van der Waals surface area contributed by atoms with Crippen molar-refractivity contribution >= 4 is 11.7 Å². The first-order valence-corrected chi connectivity index (χ1v) is 6.80. The van der Waals surface area contributed by atoms with E-state index in [-0.39, 0.29) is 11.6 Å². The lowest BCUT2D eigenvalue weighted by molar-refractivity contribution is -0.391. The third-order valence-electron chi connectivity index (χ3n) is 3.10. The molecule has 9 heteroatoms. The molecule has 9 nitrogen and oxygen atoms in total. The molecule has 0 fully saturated rings. The summed E-state index contributed by atoms with van der Waals surface area (Å²) in [5, 5.41) is 13.4. The molecule has 1 amide bonds. The molecule has 1 heterocycles. The summed E-state index contributed by atoms with van der Waals surface area (Å²) in [5.41, 5.74) is 5.43. The normalized spacial score (nSPS) is 10.9. The van der Waals surface area contributed by atoms with Crippen molar-refractivity contribution in [2.75, 3.05) is 33.2 Å². The number of nitrogens with one attached hydrogen (secondary N) is 1. The van der Waals surface area contributed by atoms with Crippen LogP contribution in [-0.2, 0) is 7.05 Å². The highest BCUT2D eigenvalue weighted by Gasteiger charge is 2.22. The standard InChI is InChI=1S/C12H22N6O3/c1-16(7-3-5-13)8-4-6-14-12(19)11-15-9-10(17(11)2)18(20)21/h9H,3-8,13H2,1-2H3,(H,14,19). The maximum atomic E-state index is 11.9. The van der Waals surface area contributed by atoms with Gasteiger partial charge in [0.15, 0.2) is 0 Å². The van der Waals surface area contributed by atoms with Crippen molar-refractivity contribution in [2.45, 2.75) is 12.8 Å². The average Bonchev–Trinajstić information content (AvgIpc) is 2.83. The number of amides is 1. The predicted molar refractivity (Wildman–Crippen MR) is 78.0 cm³/mol. The number of nitro groups is 1. The second-order valence-corrected chi connectivity index (χ2v) is 4.81. The Morgan fingerprint density at radius 1 is 1.52 bits per heavy atom. The van der Waals surface area contributed by atoms with E-state index in [1.54, 1.807) is 0 Å². The Labute approximate surface area is 123 Å². The summed E-state index contributed by atoms with van der Waals surface area (Å²) in [6, 6.07) is 0. The van der Waals surface area contributed by atoms with Crippen molar-refractivity contribution in [1.82, 2.24) is 19.8 Å². The van der Waals surface area contributed by atoms with Gasteiger partial charge in [0, 0.05) is 6.54 Å². The molecule has 0 aliphatic heterocycles. The zero-order valence-electron chi connectivity index (χ0n) is 12.4. The number of imidazole rings is 1. The van der Waals surface area contributed by atoms with Crippen molar-refractivity contribution in [1.29, 1.82) is 0 Å². The van der Waals surface area contributed by atoms with E-state index >= 15 is 0 Å². The minimum atomic E-state index is -0.573. The summed E-state index contributed by atoms with van der Waals surface area (Å²) in [4.78, 5) is 27.9. The Kier molecular flexibility index (Phi) is 6.76. The average molecular weight is 298 g/mol. The SMILES string of the molecule is CN(CCCN)CCCNC(=O)c1ncc([N+](=O)[O-])n1C. The van der Waals surface area contributed by atoms with Crippen LogP contribution in [0.5, 0.6) is 0 Å². The van der Waals surface area contributed by atoms with Gasteiger partial charge in [0.05, 0.1) is 7.05 Å². The quantitative estimate of drug-likeness (QED) is 0.368. The number of rotatable bonds is 9. The lowest BCUT2D eigenvalue weighted by Gasteiger charge is -2.15. The monoisotopic (exact) mass is 298 g/mol. The fourth-order valence-corrected chi connectivity index (χ4v) is 1.88. The van der Waals surface area contributed by atoms with E-state index in [4.69, 9.17) is 5.73 Å². The number of nitrogens with zero attached hydrogens (tertiary/aromatic N) is 4. The van der Waals surface area contributed by atoms with E-state index in [1.807, 2.05) is 7.05 Å². The third-order valence-corrected chi connectivity index (χ3v) is 3.10. The van der Waals surface area contributed by atoms with E-state index in [0.717, 1.165) is 32.1 Å². The van der Waals surface area contributed by atoms with Gasteiger partial charge in [-0.25, -0.2) is 9.55 Å². The maximum Gasteiger partial charge on any atom is 0.343 e. The topological polar surface area (TPSA) is 119 Å². The van der Waals surface area contributed by atoms with Crippen LogP contribution in [0, 0.1) is 10.1 Å². The zero-order chi connectivity index (χ0) is 15.8. The van der Waals surface area contributed by atoms with Gasteiger partial charge >= 0.3 is 11.7 Å². The molecule has 0 aromatic carbocycles. The van der Waals surface area contributed by atoms with Gasteiger partial charge in [-0.15, -0.1) is 0 Å². The van der Waals surface area contributed by atoms with Crippen LogP contribution in [0.25, 0.3) is 0 Å². The van der Waals surface area contributed by atoms with Crippen LogP contribution in [0.2, 0.25) is 0 Å². The lowest BCUT2D eigenvalue weighted by Crippen LogP contribution is -2.30. The highest BCUT2D eigenvalue weighted by molar-refractivity contribution is 5.91. The molecule has 3 N–H and O–H groups in total. The van der Waals surface area contributed by atoms with Crippen molar-refractivity contribution in [3.8, 4) is 0 Å². The molecule has 0 spiro atoms. The van der Waals surface area contributed by atoms with Crippen LogP contribution < -0.4 is 11.1 Å². The summed E-state index contributed by atoms with van der Waals surface area (Å²) < 4.78 is 1.17. The summed E-state index contributed by atoms with van der Waals surface area (Å²) in [6.07, 6.45) is 2.81. The number of carbonyl (C=O) groups is 1. The van der Waals surface area contributed by atoms with Gasteiger partial charge in [0.2, 0.25) is 0 Å². The van der Waals surface area contributed by atoms with E-state index in [1.165, 1.54) is 11.6 Å². The van der Waals surface area contributed by atoms with E-state index in [0.29, 0.717) is 13.1 Å². The first-order valence-electron chi connectivity index (χ1n) is 6.80. The van der Waals surface area contributed by atoms with Crippen LogP contribution in [0.15, 0.2) is 6.20 Å². The molecule has 0 aliphatic carbocycles. The predicted octanol–water partition coefficient (Wildman–Crippen LogP) is -0.271. The van der Waals surface area contributed by atoms with Gasteiger partial charge in [0.1, 0.15) is 6.20 Å². The molecular formula is C12H22N6O3. The van der Waals surface area contributed by atoms with E-state index in [2.05, 4.69) is 15.2 Å². The minimum Gasteiger partial charge on any atom is -0.358 e. The third kappa shape index (κ3) is 5.12. The molecule has 1 aromatic rings. The molecule has 0 saturated carbocycles. The molecule has 0 radical (unpaired) electrons. The summed E-state index contributed by atoms with van der Waals surface area (Å²) in [5.74, 6) is -0.574. The van der Waals surface area contributed by atoms with Gasteiger partial charge in [-0.05, 0) is 44.4 Å². The smallest absolute Gasteiger partial charge is 0.343 e. The number of hydrogen-bond donors (Lipinski definition) is 2. The molecule has 118 valence electrons. The second kappa shape index (κ2) is 8.32. The fraction of sp³-hybridized carbons (Fsp3) is 0.667. The number of nitrogens with two attached hydrogens (primary N) is 1. The Morgan fingerprint density at radius 3 is 2.76 bits per heavy atom. The number of hydrogen-bond acceptors (Lipinski definition) is 6. The second-order valence-electron chi connectivity index (χ2n) is 4.81. The first-order chi connectivity index (χ1) is 9.97. The Hall–Kier alpha value is -2.00. The molecule has 0 atom stereocenters. The van der Waals surface area contributed by atoms with Gasteiger partial charge in [-0.1, -0.05) is 0 Å². The zero-order valence-corrected chi connectivity index (χ0v) is 12.4. The Bertz CT molecular complexity index is 487. The van der Waals surface area contributed by atoms with Crippen LogP contribution in [0.1, 0.15) is 23.5 Å². The Morgan fingerprint density at radius 2 is 2.19 bits per heavy atom. The van der Waals surface area contributed by atoms with Crippen LogP contribution in [0.3, 0.4) is 0 Å². The van der Waals surface area contributed by atoms with Gasteiger partial charge in [-0.2, -0.15) is 0 Å². The summed E-state index contributed by atoms with van der Waals surface area (Å²) in [7, 11) is 3.44. The Balaban J connectivity index is 2.36. The molecule has 1 rings (SSSR count). The van der Waals surface area contributed by atoms with Crippen molar-refractivity contribution < 1.29 is 9.72 Å². The fourth-order valence-electron chi connectivity index (χ4n) is 1.88. The summed E-state index contributed by atoms with van der Waals surface area (Å²) >= 11 is 0. The molecule has 21 heavy (non-hydrogen) atoms. The van der Waals surface area contributed by atoms with Gasteiger partial charge < -0.3 is 26.1 Å². The molecule has 0 aliphatic rings. The molecule has 0 saturated heterocycles. The number of carbonyl (C=O) groups excluding carboxylic acids is 1. The molecule has 0 bridgehead atoms. The van der Waals surface area contributed by atoms with Crippen molar-refractivity contribution in [3.05, 3.63) is 22.1 Å². The minimum absolute atomic E-state index is 0.0400. The van der Waals surface area contributed by atoms with Crippen LogP contribution in [-0.4, -0.2) is 58.5 Å². The lowest BCUT2D eigenvalue weighted by atomic mass is 10.3. The maximum absolute atomic E-state index is 11.9. The number of aromatic nitrogens is 2. The van der Waals surface area contributed by atoms with E-state index < -0.39 is 10.8 Å². The molecule has 0 unspecified atom stereocenters. The largest absolute Gasteiger partial charge is 0.358 e. The molecule has 1 aromatic heterocycles. The van der Waals surface area contributed by atoms with Gasteiger partial charge in [0.25, 0.3) is 5.82 Å². The van der Waals surface area contributed by atoms with Gasteiger partial charge in [-0.3, -0.25) is 4.79 Å².